The van der Waals surface area contributed by atoms with Crippen LogP contribution < -0.4 is 10.6 Å². The Morgan fingerprint density at radius 3 is 2.67 bits per heavy atom. The number of halogens is 3. The van der Waals surface area contributed by atoms with Crippen molar-refractivity contribution in [2.45, 2.75) is 6.92 Å². The van der Waals surface area contributed by atoms with E-state index in [9.17, 15) is 13.6 Å². The van der Waals surface area contributed by atoms with Crippen LogP contribution in [0.15, 0.2) is 24.3 Å². The molecule has 0 aliphatic rings. The van der Waals surface area contributed by atoms with Crippen molar-refractivity contribution >= 4 is 29.0 Å². The van der Waals surface area contributed by atoms with Crippen LogP contribution in [0.4, 0.5) is 20.3 Å². The molecule has 1 aromatic heterocycles. The van der Waals surface area contributed by atoms with Gasteiger partial charge in [0.05, 0.1) is 0 Å². The number of pyridine rings is 1. The van der Waals surface area contributed by atoms with Crippen molar-refractivity contribution in [2.75, 3.05) is 17.7 Å². The average Bonchev–Trinajstić information content (AvgIpc) is 2.46. The molecule has 1 amide bonds. The third-order valence-electron chi connectivity index (χ3n) is 2.84. The molecular formula is C14H12ClF2N3O. The van der Waals surface area contributed by atoms with Crippen LogP contribution in [0.5, 0.6) is 0 Å². The molecule has 0 saturated carbocycles. The molecule has 0 fully saturated rings. The van der Waals surface area contributed by atoms with Crippen LogP contribution in [0, 0.1) is 18.6 Å². The number of nitrogens with zero attached hydrogens (tertiary/aromatic N) is 1. The minimum atomic E-state index is -0.847. The summed E-state index contributed by atoms with van der Waals surface area (Å²) in [5.41, 5.74) is -0.117. The maximum absolute atomic E-state index is 13.9. The molecule has 0 atom stereocenters. The second kappa shape index (κ2) is 6.05. The molecule has 1 aromatic carbocycles. The Labute approximate surface area is 125 Å². The van der Waals surface area contributed by atoms with E-state index in [1.54, 1.807) is 7.05 Å². The number of aryl methyl sites for hydroxylation is 1. The Morgan fingerprint density at radius 1 is 1.29 bits per heavy atom. The van der Waals surface area contributed by atoms with Crippen molar-refractivity contribution in [3.05, 3.63) is 52.2 Å². The maximum Gasteiger partial charge on any atom is 0.256 e. The zero-order chi connectivity index (χ0) is 15.6. The lowest BCUT2D eigenvalue weighted by atomic mass is 10.2. The number of hydrogen-bond acceptors (Lipinski definition) is 3. The smallest absolute Gasteiger partial charge is 0.256 e. The number of rotatable bonds is 3. The number of anilines is 2. The Morgan fingerprint density at radius 2 is 2.00 bits per heavy atom. The first kappa shape index (κ1) is 15.2. The standard InChI is InChI=1S/C14H12ClF2N3O/c1-7-3-4-9(16)13(12(7)17)20-14(21)8-5-10(15)19-11(6-8)18-2/h3-6H,1-2H3,(H,18,19)(H,20,21). The predicted octanol–water partition coefficient (Wildman–Crippen LogP) is 3.62. The molecule has 1 heterocycles. The van der Waals surface area contributed by atoms with E-state index in [1.165, 1.54) is 25.1 Å². The summed E-state index contributed by atoms with van der Waals surface area (Å²) in [5, 5.41) is 5.04. The van der Waals surface area contributed by atoms with E-state index in [4.69, 9.17) is 11.6 Å². The van der Waals surface area contributed by atoms with Gasteiger partial charge in [-0.3, -0.25) is 4.79 Å². The normalized spacial score (nSPS) is 10.3. The molecule has 4 nitrogen and oxygen atoms in total. The molecule has 110 valence electrons. The SMILES string of the molecule is CNc1cc(C(=O)Nc2c(F)ccc(C)c2F)cc(Cl)n1. The van der Waals surface area contributed by atoms with E-state index >= 15 is 0 Å². The van der Waals surface area contributed by atoms with Gasteiger partial charge in [0.2, 0.25) is 0 Å². The Kier molecular flexibility index (Phi) is 4.37. The van der Waals surface area contributed by atoms with E-state index in [0.29, 0.717) is 5.82 Å². The average molecular weight is 312 g/mol. The number of nitrogens with one attached hydrogen (secondary N) is 2. The summed E-state index contributed by atoms with van der Waals surface area (Å²) >= 11 is 5.78. The van der Waals surface area contributed by atoms with Crippen LogP contribution in [0.25, 0.3) is 0 Å². The third-order valence-corrected chi connectivity index (χ3v) is 3.03. The van der Waals surface area contributed by atoms with Gasteiger partial charge in [-0.25, -0.2) is 13.8 Å². The van der Waals surface area contributed by atoms with Gasteiger partial charge in [-0.1, -0.05) is 17.7 Å². The minimum Gasteiger partial charge on any atom is -0.373 e. The Bertz CT molecular complexity index is 707. The number of aromatic nitrogens is 1. The highest BCUT2D eigenvalue weighted by atomic mass is 35.5. The van der Waals surface area contributed by atoms with Crippen molar-refractivity contribution in [3.8, 4) is 0 Å². The van der Waals surface area contributed by atoms with Crippen molar-refractivity contribution in [1.29, 1.82) is 0 Å². The number of hydrogen-bond donors (Lipinski definition) is 2. The first-order valence-corrected chi connectivity index (χ1v) is 6.41. The van der Waals surface area contributed by atoms with Gasteiger partial charge < -0.3 is 10.6 Å². The van der Waals surface area contributed by atoms with Crippen LogP contribution in [-0.2, 0) is 0 Å². The molecule has 21 heavy (non-hydrogen) atoms. The predicted molar refractivity (Wildman–Crippen MR) is 77.8 cm³/mol. The van der Waals surface area contributed by atoms with Crippen LogP contribution in [0.3, 0.4) is 0 Å². The van der Waals surface area contributed by atoms with E-state index in [0.717, 1.165) is 6.07 Å². The number of benzene rings is 1. The Hall–Kier alpha value is -2.21. The second-order valence-corrected chi connectivity index (χ2v) is 4.71. The molecule has 2 aromatic rings. The number of amides is 1. The highest BCUT2D eigenvalue weighted by Gasteiger charge is 2.16. The van der Waals surface area contributed by atoms with Gasteiger partial charge >= 0.3 is 0 Å². The first-order valence-electron chi connectivity index (χ1n) is 6.03. The fraction of sp³-hybridized carbons (Fsp3) is 0.143. The molecule has 0 unspecified atom stereocenters. The second-order valence-electron chi connectivity index (χ2n) is 4.32. The van der Waals surface area contributed by atoms with E-state index in [1.807, 2.05) is 0 Å². The molecule has 0 radical (unpaired) electrons. The molecule has 0 spiro atoms. The summed E-state index contributed by atoms with van der Waals surface area (Å²) in [6.07, 6.45) is 0. The lowest BCUT2D eigenvalue weighted by Gasteiger charge is -2.10. The van der Waals surface area contributed by atoms with E-state index < -0.39 is 23.2 Å². The molecule has 0 aliphatic carbocycles. The van der Waals surface area contributed by atoms with Crippen molar-refractivity contribution in [3.63, 3.8) is 0 Å². The zero-order valence-corrected chi connectivity index (χ0v) is 12.1. The number of carbonyl (C=O) groups is 1. The summed E-state index contributed by atoms with van der Waals surface area (Å²) in [6.45, 7) is 1.48. The molecule has 2 rings (SSSR count). The van der Waals surface area contributed by atoms with Crippen LogP contribution >= 0.6 is 11.6 Å². The topological polar surface area (TPSA) is 54.0 Å². The van der Waals surface area contributed by atoms with Gasteiger partial charge in [-0.2, -0.15) is 0 Å². The van der Waals surface area contributed by atoms with Crippen molar-refractivity contribution in [1.82, 2.24) is 4.98 Å². The largest absolute Gasteiger partial charge is 0.373 e. The fourth-order valence-corrected chi connectivity index (χ4v) is 1.92. The summed E-state index contributed by atoms with van der Waals surface area (Å²) < 4.78 is 27.5. The Balaban J connectivity index is 2.35. The maximum atomic E-state index is 13.9. The first-order chi connectivity index (χ1) is 9.92. The third kappa shape index (κ3) is 3.28. The zero-order valence-electron chi connectivity index (χ0n) is 11.3. The van der Waals surface area contributed by atoms with Crippen molar-refractivity contribution < 1.29 is 13.6 Å². The lowest BCUT2D eigenvalue weighted by molar-refractivity contribution is 0.102. The molecular weight excluding hydrogens is 300 g/mol. The molecule has 0 saturated heterocycles. The monoisotopic (exact) mass is 311 g/mol. The van der Waals surface area contributed by atoms with Gasteiger partial charge in [-0.15, -0.1) is 0 Å². The lowest BCUT2D eigenvalue weighted by Crippen LogP contribution is -2.15. The summed E-state index contributed by atoms with van der Waals surface area (Å²) in [7, 11) is 1.61. The summed E-state index contributed by atoms with van der Waals surface area (Å²) in [5.74, 6) is -1.96. The van der Waals surface area contributed by atoms with Gasteiger partial charge in [0.25, 0.3) is 5.91 Å². The van der Waals surface area contributed by atoms with Crippen molar-refractivity contribution in [2.24, 2.45) is 0 Å². The van der Waals surface area contributed by atoms with Crippen LogP contribution in [-0.4, -0.2) is 17.9 Å². The summed E-state index contributed by atoms with van der Waals surface area (Å²) in [6, 6.07) is 5.12. The van der Waals surface area contributed by atoms with E-state index in [-0.39, 0.29) is 16.3 Å². The molecule has 0 aliphatic heterocycles. The van der Waals surface area contributed by atoms with Gasteiger partial charge in [-0.05, 0) is 30.7 Å². The minimum absolute atomic E-state index is 0.0946. The quantitative estimate of drug-likeness (QED) is 0.851. The van der Waals surface area contributed by atoms with Gasteiger partial charge in [0.1, 0.15) is 22.5 Å². The molecule has 0 bridgehead atoms. The van der Waals surface area contributed by atoms with E-state index in [2.05, 4.69) is 15.6 Å². The van der Waals surface area contributed by atoms with Crippen LogP contribution in [0.1, 0.15) is 15.9 Å². The molecule has 2 N–H and O–H groups in total. The van der Waals surface area contributed by atoms with Gasteiger partial charge in [0.15, 0.2) is 5.82 Å². The summed E-state index contributed by atoms with van der Waals surface area (Å²) in [4.78, 5) is 16.0. The molecule has 7 heteroatoms. The highest BCUT2D eigenvalue weighted by molar-refractivity contribution is 6.30. The van der Waals surface area contributed by atoms with Crippen LogP contribution in [0.2, 0.25) is 5.15 Å². The van der Waals surface area contributed by atoms with Gasteiger partial charge in [0, 0.05) is 12.6 Å². The highest BCUT2D eigenvalue weighted by Crippen LogP contribution is 2.23. The number of carbonyl (C=O) groups excluding carboxylic acids is 1. The fourth-order valence-electron chi connectivity index (χ4n) is 1.71.